The van der Waals surface area contributed by atoms with Crippen molar-refractivity contribution >= 4 is 5.91 Å². The zero-order chi connectivity index (χ0) is 12.3. The summed E-state index contributed by atoms with van der Waals surface area (Å²) >= 11 is 0. The first-order chi connectivity index (χ1) is 8.17. The molecule has 3 unspecified atom stereocenters. The van der Waals surface area contributed by atoms with Crippen LogP contribution in [0.3, 0.4) is 0 Å². The fourth-order valence-electron chi connectivity index (χ4n) is 2.50. The Bertz CT molecular complexity index is 277. The normalized spacial score (nSPS) is 37.3. The van der Waals surface area contributed by atoms with E-state index in [0.717, 1.165) is 19.5 Å². The molecule has 0 aromatic heterocycles. The summed E-state index contributed by atoms with van der Waals surface area (Å²) in [5, 5.41) is 6.24. The molecule has 5 heteroatoms. The van der Waals surface area contributed by atoms with Crippen molar-refractivity contribution in [2.24, 2.45) is 11.8 Å². The van der Waals surface area contributed by atoms with E-state index in [0.29, 0.717) is 25.7 Å². The van der Waals surface area contributed by atoms with Crippen molar-refractivity contribution in [1.29, 1.82) is 0 Å². The van der Waals surface area contributed by atoms with Crippen LogP contribution in [-0.2, 0) is 14.3 Å². The van der Waals surface area contributed by atoms with Gasteiger partial charge in [0.15, 0.2) is 0 Å². The number of ether oxygens (including phenoxy) is 2. The molecule has 2 N–H and O–H groups in total. The molecular formula is C12H22N2O3. The fourth-order valence-corrected chi connectivity index (χ4v) is 2.50. The van der Waals surface area contributed by atoms with E-state index in [1.54, 1.807) is 7.11 Å². The molecule has 98 valence electrons. The molecule has 3 atom stereocenters. The molecule has 17 heavy (non-hydrogen) atoms. The van der Waals surface area contributed by atoms with Gasteiger partial charge < -0.3 is 20.1 Å². The Morgan fingerprint density at radius 2 is 2.41 bits per heavy atom. The summed E-state index contributed by atoms with van der Waals surface area (Å²) in [6.07, 6.45) is 0.849. The number of amides is 1. The van der Waals surface area contributed by atoms with Gasteiger partial charge in [-0.05, 0) is 12.5 Å². The lowest BCUT2D eigenvalue weighted by Crippen LogP contribution is -2.47. The van der Waals surface area contributed by atoms with Gasteiger partial charge in [0, 0.05) is 33.2 Å². The summed E-state index contributed by atoms with van der Waals surface area (Å²) in [6.45, 7) is 5.65. The van der Waals surface area contributed by atoms with Gasteiger partial charge in [-0.15, -0.1) is 0 Å². The predicted molar refractivity (Wildman–Crippen MR) is 63.7 cm³/mol. The quantitative estimate of drug-likeness (QED) is 0.714. The van der Waals surface area contributed by atoms with Crippen LogP contribution in [0.5, 0.6) is 0 Å². The molecule has 0 aromatic rings. The van der Waals surface area contributed by atoms with Crippen molar-refractivity contribution in [2.45, 2.75) is 18.9 Å². The Hall–Kier alpha value is -0.650. The molecule has 2 rings (SSSR count). The Kier molecular flexibility index (Phi) is 4.01. The highest BCUT2D eigenvalue weighted by atomic mass is 16.5. The zero-order valence-corrected chi connectivity index (χ0v) is 10.6. The van der Waals surface area contributed by atoms with E-state index in [9.17, 15) is 4.79 Å². The summed E-state index contributed by atoms with van der Waals surface area (Å²) < 4.78 is 10.8. The molecule has 0 aliphatic carbocycles. The second-order valence-corrected chi connectivity index (χ2v) is 5.15. The standard InChI is InChI=1S/C12H22N2O3/c1-9-5-13-6-10(9)11(15)14-7-12(16-2)3-4-17-8-12/h9-10,13H,3-8H2,1-2H3,(H,14,15). The first kappa shape index (κ1) is 12.8. The Balaban J connectivity index is 1.82. The largest absolute Gasteiger partial charge is 0.378 e. The number of nitrogens with one attached hydrogen (secondary N) is 2. The lowest BCUT2D eigenvalue weighted by molar-refractivity contribution is -0.127. The monoisotopic (exact) mass is 242 g/mol. The molecule has 0 bridgehead atoms. The number of carbonyl (C=O) groups excluding carboxylic acids is 1. The summed E-state index contributed by atoms with van der Waals surface area (Å²) in [7, 11) is 1.68. The zero-order valence-electron chi connectivity index (χ0n) is 10.6. The maximum absolute atomic E-state index is 12.0. The molecule has 5 nitrogen and oxygen atoms in total. The van der Waals surface area contributed by atoms with Gasteiger partial charge in [0.05, 0.1) is 12.5 Å². The van der Waals surface area contributed by atoms with Gasteiger partial charge in [0.2, 0.25) is 5.91 Å². The summed E-state index contributed by atoms with van der Waals surface area (Å²) in [5.41, 5.74) is -0.315. The maximum Gasteiger partial charge on any atom is 0.224 e. The van der Waals surface area contributed by atoms with Gasteiger partial charge in [0.25, 0.3) is 0 Å². The van der Waals surface area contributed by atoms with Crippen LogP contribution in [-0.4, -0.2) is 51.5 Å². The van der Waals surface area contributed by atoms with Crippen LogP contribution in [0.4, 0.5) is 0 Å². The molecule has 2 saturated heterocycles. The van der Waals surface area contributed by atoms with Crippen molar-refractivity contribution < 1.29 is 14.3 Å². The van der Waals surface area contributed by atoms with Crippen molar-refractivity contribution in [2.75, 3.05) is 40.0 Å². The van der Waals surface area contributed by atoms with Crippen LogP contribution in [0.25, 0.3) is 0 Å². The Labute approximate surface area is 102 Å². The second kappa shape index (κ2) is 5.33. The predicted octanol–water partition coefficient (Wildman–Crippen LogP) is -0.236. The van der Waals surface area contributed by atoms with Crippen LogP contribution in [0.2, 0.25) is 0 Å². The van der Waals surface area contributed by atoms with Crippen molar-refractivity contribution in [3.63, 3.8) is 0 Å². The smallest absolute Gasteiger partial charge is 0.224 e. The first-order valence-electron chi connectivity index (χ1n) is 6.28. The van der Waals surface area contributed by atoms with Gasteiger partial charge >= 0.3 is 0 Å². The number of hydrogen-bond donors (Lipinski definition) is 2. The third kappa shape index (κ3) is 2.78. The molecule has 2 aliphatic heterocycles. The van der Waals surface area contributed by atoms with Gasteiger partial charge in [0.1, 0.15) is 5.60 Å². The molecular weight excluding hydrogens is 220 g/mol. The van der Waals surface area contributed by atoms with Crippen molar-refractivity contribution in [1.82, 2.24) is 10.6 Å². The topological polar surface area (TPSA) is 59.6 Å². The number of carbonyl (C=O) groups is 1. The van der Waals surface area contributed by atoms with Gasteiger partial charge in [-0.3, -0.25) is 4.79 Å². The third-order valence-electron chi connectivity index (χ3n) is 3.94. The van der Waals surface area contributed by atoms with E-state index in [4.69, 9.17) is 9.47 Å². The van der Waals surface area contributed by atoms with Crippen LogP contribution in [0.1, 0.15) is 13.3 Å². The lowest BCUT2D eigenvalue weighted by Gasteiger charge is -2.27. The summed E-state index contributed by atoms with van der Waals surface area (Å²) in [5.74, 6) is 0.630. The Morgan fingerprint density at radius 1 is 1.59 bits per heavy atom. The van der Waals surface area contributed by atoms with Crippen LogP contribution < -0.4 is 10.6 Å². The van der Waals surface area contributed by atoms with E-state index in [-0.39, 0.29) is 17.4 Å². The first-order valence-corrected chi connectivity index (χ1v) is 6.28. The molecule has 1 amide bonds. The SMILES string of the molecule is COC1(CNC(=O)C2CNCC2C)CCOC1. The summed E-state index contributed by atoms with van der Waals surface area (Å²) in [4.78, 5) is 12.0. The minimum absolute atomic E-state index is 0.0891. The van der Waals surface area contributed by atoms with Gasteiger partial charge in [-0.1, -0.05) is 6.92 Å². The van der Waals surface area contributed by atoms with Crippen LogP contribution >= 0.6 is 0 Å². The summed E-state index contributed by atoms with van der Waals surface area (Å²) in [6, 6.07) is 0. The van der Waals surface area contributed by atoms with Crippen LogP contribution in [0.15, 0.2) is 0 Å². The minimum Gasteiger partial charge on any atom is -0.378 e. The highest BCUT2D eigenvalue weighted by Crippen LogP contribution is 2.22. The van der Waals surface area contributed by atoms with Crippen molar-refractivity contribution in [3.05, 3.63) is 0 Å². The fraction of sp³-hybridized carbons (Fsp3) is 0.917. The molecule has 2 aliphatic rings. The molecule has 0 radical (unpaired) electrons. The molecule has 0 saturated carbocycles. The molecule has 0 aromatic carbocycles. The van der Waals surface area contributed by atoms with E-state index in [2.05, 4.69) is 17.6 Å². The number of hydrogen-bond acceptors (Lipinski definition) is 4. The molecule has 2 fully saturated rings. The second-order valence-electron chi connectivity index (χ2n) is 5.15. The average molecular weight is 242 g/mol. The average Bonchev–Trinajstić information content (AvgIpc) is 2.95. The highest BCUT2D eigenvalue weighted by molar-refractivity contribution is 5.79. The van der Waals surface area contributed by atoms with E-state index < -0.39 is 0 Å². The number of rotatable bonds is 4. The van der Waals surface area contributed by atoms with E-state index in [1.165, 1.54) is 0 Å². The van der Waals surface area contributed by atoms with Crippen LogP contribution in [0, 0.1) is 11.8 Å². The molecule has 0 spiro atoms. The van der Waals surface area contributed by atoms with E-state index >= 15 is 0 Å². The highest BCUT2D eigenvalue weighted by Gasteiger charge is 2.37. The lowest BCUT2D eigenvalue weighted by atomic mass is 9.96. The van der Waals surface area contributed by atoms with Crippen molar-refractivity contribution in [3.8, 4) is 0 Å². The van der Waals surface area contributed by atoms with Gasteiger partial charge in [-0.25, -0.2) is 0 Å². The van der Waals surface area contributed by atoms with E-state index in [1.807, 2.05) is 0 Å². The minimum atomic E-state index is -0.315. The maximum atomic E-state index is 12.0. The Morgan fingerprint density at radius 3 is 2.94 bits per heavy atom. The molecule has 2 heterocycles. The number of methoxy groups -OCH3 is 1. The third-order valence-corrected chi connectivity index (χ3v) is 3.94. The van der Waals surface area contributed by atoms with Gasteiger partial charge in [-0.2, -0.15) is 0 Å².